The van der Waals surface area contributed by atoms with E-state index in [4.69, 9.17) is 0 Å². The number of piperidine rings is 1. The number of carbonyl (C=O) groups excluding carboxylic acids is 1. The lowest BCUT2D eigenvalue weighted by atomic mass is 9.89. The normalized spacial score (nSPS) is 14.5. The first-order valence-electron chi connectivity index (χ1n) is 10.9. The molecule has 0 aliphatic carbocycles. The van der Waals surface area contributed by atoms with Crippen molar-refractivity contribution in [3.05, 3.63) is 94.0 Å². The Bertz CT molecular complexity index is 1270. The van der Waals surface area contributed by atoms with Crippen LogP contribution in [-0.2, 0) is 6.54 Å². The van der Waals surface area contributed by atoms with Gasteiger partial charge in [0.15, 0.2) is 5.65 Å². The average molecular weight is 508 g/mol. The van der Waals surface area contributed by atoms with Crippen LogP contribution >= 0.6 is 15.9 Å². The van der Waals surface area contributed by atoms with Crippen LogP contribution in [0.2, 0.25) is 0 Å². The highest BCUT2D eigenvalue weighted by Gasteiger charge is 2.27. The molecule has 0 bridgehead atoms. The second-order valence-electron chi connectivity index (χ2n) is 8.21. The number of nitrogens with zero attached hydrogens (tertiary/aromatic N) is 4. The number of amides is 1. The summed E-state index contributed by atoms with van der Waals surface area (Å²) >= 11 is 3.48. The van der Waals surface area contributed by atoms with E-state index in [2.05, 4.69) is 31.3 Å². The molecule has 0 radical (unpaired) electrons. The summed E-state index contributed by atoms with van der Waals surface area (Å²) in [6, 6.07) is 16.7. The quantitative estimate of drug-likeness (QED) is 0.400. The molecule has 168 valence electrons. The first-order chi connectivity index (χ1) is 16.1. The van der Waals surface area contributed by atoms with Gasteiger partial charge in [0.1, 0.15) is 17.2 Å². The number of aromatic nitrogens is 3. The van der Waals surface area contributed by atoms with E-state index in [0.717, 1.165) is 28.4 Å². The van der Waals surface area contributed by atoms with Crippen molar-refractivity contribution in [2.45, 2.75) is 25.3 Å². The number of halogens is 2. The lowest BCUT2D eigenvalue weighted by Crippen LogP contribution is -2.38. The summed E-state index contributed by atoms with van der Waals surface area (Å²) in [6.07, 6.45) is 4.99. The Labute approximate surface area is 199 Å². The fraction of sp³-hybridized carbons (Fsp3) is 0.240. The fourth-order valence-corrected chi connectivity index (χ4v) is 4.69. The van der Waals surface area contributed by atoms with Gasteiger partial charge < -0.3 is 10.2 Å². The van der Waals surface area contributed by atoms with Gasteiger partial charge in [0, 0.05) is 25.8 Å². The van der Waals surface area contributed by atoms with Crippen LogP contribution in [0, 0.1) is 5.82 Å². The molecule has 1 N–H and O–H groups in total. The molecule has 0 spiro atoms. The minimum Gasteiger partial charge on any atom is -0.365 e. The summed E-state index contributed by atoms with van der Waals surface area (Å²) in [5.41, 5.74) is 3.37. The van der Waals surface area contributed by atoms with Crippen molar-refractivity contribution in [2.24, 2.45) is 0 Å². The van der Waals surface area contributed by atoms with E-state index in [1.165, 1.54) is 12.1 Å². The molecule has 1 aliphatic heterocycles. The van der Waals surface area contributed by atoms with Crippen molar-refractivity contribution in [3.8, 4) is 0 Å². The fourth-order valence-electron chi connectivity index (χ4n) is 4.33. The Kier molecular flexibility index (Phi) is 6.09. The average Bonchev–Trinajstić information content (AvgIpc) is 3.24. The van der Waals surface area contributed by atoms with Crippen molar-refractivity contribution in [3.63, 3.8) is 0 Å². The van der Waals surface area contributed by atoms with Gasteiger partial charge >= 0.3 is 0 Å². The van der Waals surface area contributed by atoms with Crippen molar-refractivity contribution < 1.29 is 9.18 Å². The van der Waals surface area contributed by atoms with Gasteiger partial charge in [-0.25, -0.2) is 9.37 Å². The summed E-state index contributed by atoms with van der Waals surface area (Å²) in [5, 5.41) is 7.82. The molecular formula is C25H23BrFN5O. The maximum Gasteiger partial charge on any atom is 0.259 e. The molecule has 0 atom stereocenters. The maximum atomic E-state index is 13.5. The standard InChI is InChI=1S/C25H23BrFN5O/c26-22-16-30-32-23(28-14-17-4-2-1-3-5-17)21(15-29-24(22)32)25(33)31-12-10-19(11-13-31)18-6-8-20(27)9-7-18/h1-9,15-16,19,28H,10-14H2. The maximum absolute atomic E-state index is 13.5. The van der Waals surface area contributed by atoms with Crippen LogP contribution < -0.4 is 5.32 Å². The number of rotatable bonds is 5. The topological polar surface area (TPSA) is 62.5 Å². The first-order valence-corrected chi connectivity index (χ1v) is 11.7. The Morgan fingerprint density at radius 3 is 2.52 bits per heavy atom. The van der Waals surface area contributed by atoms with Crippen molar-refractivity contribution in [1.82, 2.24) is 19.5 Å². The van der Waals surface area contributed by atoms with Crippen molar-refractivity contribution >= 4 is 33.3 Å². The number of benzene rings is 2. The Hall–Kier alpha value is -3.26. The highest BCUT2D eigenvalue weighted by molar-refractivity contribution is 9.10. The molecule has 0 unspecified atom stereocenters. The molecule has 1 fully saturated rings. The van der Waals surface area contributed by atoms with Crippen LogP contribution in [-0.4, -0.2) is 38.5 Å². The summed E-state index contributed by atoms with van der Waals surface area (Å²) in [5.74, 6) is 0.660. The zero-order valence-electron chi connectivity index (χ0n) is 17.9. The SMILES string of the molecule is O=C(c1cnc2c(Br)cnn2c1NCc1ccccc1)N1CCC(c2ccc(F)cc2)CC1. The third kappa shape index (κ3) is 4.48. The summed E-state index contributed by atoms with van der Waals surface area (Å²) in [4.78, 5) is 19.9. The Balaban J connectivity index is 1.37. The van der Waals surface area contributed by atoms with Crippen molar-refractivity contribution in [2.75, 3.05) is 18.4 Å². The highest BCUT2D eigenvalue weighted by atomic mass is 79.9. The molecule has 8 heteroatoms. The molecule has 5 rings (SSSR count). The number of fused-ring (bicyclic) bond motifs is 1. The van der Waals surface area contributed by atoms with Gasteiger partial charge in [0.2, 0.25) is 0 Å². The molecule has 6 nitrogen and oxygen atoms in total. The lowest BCUT2D eigenvalue weighted by Gasteiger charge is -2.32. The van der Waals surface area contributed by atoms with E-state index in [1.54, 1.807) is 16.9 Å². The monoisotopic (exact) mass is 507 g/mol. The van der Waals surface area contributed by atoms with Crippen molar-refractivity contribution in [1.29, 1.82) is 0 Å². The number of hydrogen-bond donors (Lipinski definition) is 1. The summed E-state index contributed by atoms with van der Waals surface area (Å²) in [7, 11) is 0. The van der Waals surface area contributed by atoms with E-state index >= 15 is 0 Å². The van der Waals surface area contributed by atoms with Crippen LogP contribution in [0.1, 0.15) is 40.2 Å². The molecule has 33 heavy (non-hydrogen) atoms. The van der Waals surface area contributed by atoms with Gasteiger partial charge in [0.25, 0.3) is 5.91 Å². The van der Waals surface area contributed by atoms with E-state index in [9.17, 15) is 9.18 Å². The molecule has 1 amide bonds. The molecule has 4 aromatic rings. The molecular weight excluding hydrogens is 485 g/mol. The van der Waals surface area contributed by atoms with Gasteiger partial charge in [-0.15, -0.1) is 0 Å². The number of nitrogens with one attached hydrogen (secondary N) is 1. The van der Waals surface area contributed by atoms with Gasteiger partial charge in [0.05, 0.1) is 10.7 Å². The first kappa shape index (κ1) is 21.6. The minimum absolute atomic E-state index is 0.0656. The van der Waals surface area contributed by atoms with Gasteiger partial charge in [-0.3, -0.25) is 4.79 Å². The lowest BCUT2D eigenvalue weighted by molar-refractivity contribution is 0.0713. The number of carbonyl (C=O) groups is 1. The Morgan fingerprint density at radius 2 is 1.79 bits per heavy atom. The smallest absolute Gasteiger partial charge is 0.259 e. The summed E-state index contributed by atoms with van der Waals surface area (Å²) in [6.45, 7) is 1.84. The minimum atomic E-state index is -0.227. The number of anilines is 1. The van der Waals surface area contributed by atoms with Crippen LogP contribution in [0.25, 0.3) is 5.65 Å². The number of likely N-dealkylation sites (tertiary alicyclic amines) is 1. The zero-order chi connectivity index (χ0) is 22.8. The van der Waals surface area contributed by atoms with E-state index in [0.29, 0.717) is 42.6 Å². The molecule has 1 saturated heterocycles. The molecule has 0 saturated carbocycles. The van der Waals surface area contributed by atoms with E-state index < -0.39 is 0 Å². The third-order valence-corrected chi connectivity index (χ3v) is 6.70. The van der Waals surface area contributed by atoms with Crippen LogP contribution in [0.4, 0.5) is 10.2 Å². The largest absolute Gasteiger partial charge is 0.365 e. The molecule has 3 heterocycles. The predicted molar refractivity (Wildman–Crippen MR) is 129 cm³/mol. The highest BCUT2D eigenvalue weighted by Crippen LogP contribution is 2.30. The zero-order valence-corrected chi connectivity index (χ0v) is 19.5. The third-order valence-electron chi connectivity index (χ3n) is 6.14. The van der Waals surface area contributed by atoms with Crippen LogP contribution in [0.5, 0.6) is 0 Å². The Morgan fingerprint density at radius 1 is 1.06 bits per heavy atom. The van der Waals surface area contributed by atoms with Crippen LogP contribution in [0.3, 0.4) is 0 Å². The molecule has 2 aromatic carbocycles. The van der Waals surface area contributed by atoms with E-state index in [1.807, 2.05) is 47.4 Å². The van der Waals surface area contributed by atoms with E-state index in [-0.39, 0.29) is 11.7 Å². The van der Waals surface area contributed by atoms with Gasteiger partial charge in [-0.1, -0.05) is 42.5 Å². The summed E-state index contributed by atoms with van der Waals surface area (Å²) < 4.78 is 15.7. The second kappa shape index (κ2) is 9.31. The predicted octanol–water partition coefficient (Wildman–Crippen LogP) is 5.26. The van der Waals surface area contributed by atoms with Gasteiger partial charge in [-0.2, -0.15) is 9.61 Å². The molecule has 2 aromatic heterocycles. The molecule has 1 aliphatic rings. The number of hydrogen-bond acceptors (Lipinski definition) is 4. The van der Waals surface area contributed by atoms with Gasteiger partial charge in [-0.05, 0) is 57.9 Å². The second-order valence-corrected chi connectivity index (χ2v) is 9.06. The van der Waals surface area contributed by atoms with Crippen LogP contribution in [0.15, 0.2) is 71.5 Å².